The van der Waals surface area contributed by atoms with E-state index in [4.69, 9.17) is 14.2 Å². The molecule has 3 rings (SSSR count). The fourth-order valence-electron chi connectivity index (χ4n) is 3.89. The minimum atomic E-state index is -0.452. The maximum absolute atomic E-state index is 12.9. The number of carbonyl (C=O) groups excluding carboxylic acids is 3. The van der Waals surface area contributed by atoms with Crippen LogP contribution in [0.3, 0.4) is 0 Å². The Bertz CT molecular complexity index is 791. The number of rotatable bonds is 7. The van der Waals surface area contributed by atoms with Gasteiger partial charge in [-0.15, -0.1) is 0 Å². The van der Waals surface area contributed by atoms with E-state index in [1.807, 2.05) is 23.1 Å². The second-order valence-electron chi connectivity index (χ2n) is 7.26. The summed E-state index contributed by atoms with van der Waals surface area (Å²) in [4.78, 5) is 42.2. The molecule has 1 aromatic rings. The zero-order valence-electron chi connectivity index (χ0n) is 17.8. The van der Waals surface area contributed by atoms with Gasteiger partial charge in [-0.05, 0) is 31.0 Å². The first kappa shape index (κ1) is 21.9. The molecule has 9 heteroatoms. The van der Waals surface area contributed by atoms with Crippen molar-refractivity contribution in [2.45, 2.75) is 25.8 Å². The van der Waals surface area contributed by atoms with Crippen molar-refractivity contribution in [1.82, 2.24) is 14.7 Å². The van der Waals surface area contributed by atoms with Crippen LogP contribution in [0.4, 0.5) is 4.79 Å². The first-order chi connectivity index (χ1) is 14.5. The Kier molecular flexibility index (Phi) is 7.15. The van der Waals surface area contributed by atoms with Crippen molar-refractivity contribution in [2.24, 2.45) is 0 Å². The Morgan fingerprint density at radius 3 is 2.40 bits per heavy atom. The second kappa shape index (κ2) is 9.80. The number of imide groups is 1. The maximum Gasteiger partial charge on any atom is 0.409 e. The van der Waals surface area contributed by atoms with Gasteiger partial charge in [0.2, 0.25) is 11.8 Å². The second-order valence-corrected chi connectivity index (χ2v) is 7.26. The van der Waals surface area contributed by atoms with Crippen molar-refractivity contribution in [1.29, 1.82) is 0 Å². The van der Waals surface area contributed by atoms with E-state index >= 15 is 0 Å². The fourth-order valence-corrected chi connectivity index (χ4v) is 3.89. The highest BCUT2D eigenvalue weighted by atomic mass is 16.6. The molecule has 1 aromatic carbocycles. The van der Waals surface area contributed by atoms with E-state index in [0.29, 0.717) is 57.3 Å². The molecule has 0 saturated carbocycles. The standard InChI is InChI=1S/C21H29N3O6/c1-4-30-21(27)23-11-9-22(10-12-23)16-14-19(25)24(20(16)26)8-7-15-5-6-17(28-2)18(13-15)29-3/h5-6,13,16H,4,7-12,14H2,1-3H3/t16-/m1/s1. The number of nitrogens with zero attached hydrogens (tertiary/aromatic N) is 3. The highest BCUT2D eigenvalue weighted by Gasteiger charge is 2.42. The average molecular weight is 419 g/mol. The van der Waals surface area contributed by atoms with Gasteiger partial charge in [0.1, 0.15) is 0 Å². The molecule has 2 heterocycles. The van der Waals surface area contributed by atoms with Crippen LogP contribution in [-0.4, -0.2) is 92.2 Å². The number of ether oxygens (including phenoxy) is 3. The molecule has 0 bridgehead atoms. The Morgan fingerprint density at radius 2 is 1.77 bits per heavy atom. The molecule has 2 aliphatic heterocycles. The molecular formula is C21H29N3O6. The van der Waals surface area contributed by atoms with Crippen LogP contribution in [0.25, 0.3) is 0 Å². The molecule has 0 N–H and O–H groups in total. The summed E-state index contributed by atoms with van der Waals surface area (Å²) in [7, 11) is 3.15. The summed E-state index contributed by atoms with van der Waals surface area (Å²) in [6.45, 7) is 4.51. The van der Waals surface area contributed by atoms with Crippen LogP contribution in [0.1, 0.15) is 18.9 Å². The van der Waals surface area contributed by atoms with Crippen molar-refractivity contribution < 1.29 is 28.6 Å². The molecule has 2 aliphatic rings. The lowest BCUT2D eigenvalue weighted by molar-refractivity contribution is -0.139. The summed E-state index contributed by atoms with van der Waals surface area (Å²) < 4.78 is 15.6. The van der Waals surface area contributed by atoms with Gasteiger partial charge < -0.3 is 19.1 Å². The zero-order chi connectivity index (χ0) is 21.7. The zero-order valence-corrected chi connectivity index (χ0v) is 17.8. The predicted molar refractivity (Wildman–Crippen MR) is 109 cm³/mol. The molecule has 2 fully saturated rings. The maximum atomic E-state index is 12.9. The molecule has 0 spiro atoms. The van der Waals surface area contributed by atoms with Gasteiger partial charge in [-0.25, -0.2) is 4.79 Å². The van der Waals surface area contributed by atoms with Crippen molar-refractivity contribution >= 4 is 17.9 Å². The Labute approximate surface area is 176 Å². The molecule has 2 saturated heterocycles. The number of methoxy groups -OCH3 is 2. The van der Waals surface area contributed by atoms with Crippen molar-refractivity contribution in [2.75, 3.05) is 53.6 Å². The molecule has 164 valence electrons. The highest BCUT2D eigenvalue weighted by Crippen LogP contribution is 2.28. The number of amides is 3. The van der Waals surface area contributed by atoms with Gasteiger partial charge in [-0.2, -0.15) is 0 Å². The Balaban J connectivity index is 1.56. The minimum absolute atomic E-state index is 0.154. The molecule has 0 aliphatic carbocycles. The quantitative estimate of drug-likeness (QED) is 0.613. The van der Waals surface area contributed by atoms with Crippen LogP contribution < -0.4 is 9.47 Å². The first-order valence-electron chi connectivity index (χ1n) is 10.2. The van der Waals surface area contributed by atoms with E-state index in [1.54, 1.807) is 26.0 Å². The van der Waals surface area contributed by atoms with Gasteiger partial charge in [-0.1, -0.05) is 6.07 Å². The lowest BCUT2D eigenvalue weighted by Crippen LogP contribution is -2.54. The summed E-state index contributed by atoms with van der Waals surface area (Å²) in [5.41, 5.74) is 0.958. The number of likely N-dealkylation sites (tertiary alicyclic amines) is 1. The molecule has 0 aromatic heterocycles. The largest absolute Gasteiger partial charge is 0.493 e. The SMILES string of the molecule is CCOC(=O)N1CCN([C@@H]2CC(=O)N(CCc3ccc(OC)c(OC)c3)C2=O)CC1. The van der Waals surface area contributed by atoms with Gasteiger partial charge in [0.05, 0.1) is 33.3 Å². The number of piperazine rings is 1. The molecule has 3 amide bonds. The molecule has 9 nitrogen and oxygen atoms in total. The summed E-state index contributed by atoms with van der Waals surface area (Å²) in [5.74, 6) is 0.936. The van der Waals surface area contributed by atoms with Gasteiger partial charge in [0.25, 0.3) is 0 Å². The number of carbonyl (C=O) groups is 3. The lowest BCUT2D eigenvalue weighted by atomic mass is 10.1. The highest BCUT2D eigenvalue weighted by molar-refractivity contribution is 6.05. The third-order valence-corrected chi connectivity index (χ3v) is 5.57. The van der Waals surface area contributed by atoms with E-state index in [9.17, 15) is 14.4 Å². The lowest BCUT2D eigenvalue weighted by Gasteiger charge is -2.36. The van der Waals surface area contributed by atoms with Crippen molar-refractivity contribution in [3.63, 3.8) is 0 Å². The van der Waals surface area contributed by atoms with E-state index < -0.39 is 6.04 Å². The number of hydrogen-bond donors (Lipinski definition) is 0. The molecule has 30 heavy (non-hydrogen) atoms. The van der Waals surface area contributed by atoms with Crippen molar-refractivity contribution in [3.8, 4) is 11.5 Å². The first-order valence-corrected chi connectivity index (χ1v) is 10.2. The Morgan fingerprint density at radius 1 is 1.07 bits per heavy atom. The molecule has 1 atom stereocenters. The van der Waals surface area contributed by atoms with Gasteiger partial charge >= 0.3 is 6.09 Å². The van der Waals surface area contributed by atoms with E-state index in [0.717, 1.165) is 5.56 Å². The van der Waals surface area contributed by atoms with Crippen LogP contribution in [0, 0.1) is 0 Å². The van der Waals surface area contributed by atoms with Gasteiger partial charge in [0.15, 0.2) is 11.5 Å². The minimum Gasteiger partial charge on any atom is -0.493 e. The monoisotopic (exact) mass is 419 g/mol. The Hall–Kier alpha value is -2.81. The van der Waals surface area contributed by atoms with Crippen LogP contribution in [0.5, 0.6) is 11.5 Å². The smallest absolute Gasteiger partial charge is 0.409 e. The van der Waals surface area contributed by atoms with Gasteiger partial charge in [0, 0.05) is 32.7 Å². The number of hydrogen-bond acceptors (Lipinski definition) is 7. The van der Waals surface area contributed by atoms with Crippen LogP contribution in [-0.2, 0) is 20.7 Å². The molecular weight excluding hydrogens is 390 g/mol. The number of benzene rings is 1. The summed E-state index contributed by atoms with van der Waals surface area (Å²) in [5, 5.41) is 0. The molecule has 0 unspecified atom stereocenters. The van der Waals surface area contributed by atoms with Gasteiger partial charge in [-0.3, -0.25) is 19.4 Å². The fraction of sp³-hybridized carbons (Fsp3) is 0.571. The molecule has 0 radical (unpaired) electrons. The van der Waals surface area contributed by atoms with Crippen LogP contribution >= 0.6 is 0 Å². The van der Waals surface area contributed by atoms with Crippen LogP contribution in [0.2, 0.25) is 0 Å². The summed E-state index contributed by atoms with van der Waals surface area (Å²) >= 11 is 0. The topological polar surface area (TPSA) is 88.6 Å². The van der Waals surface area contributed by atoms with Crippen LogP contribution in [0.15, 0.2) is 18.2 Å². The van der Waals surface area contributed by atoms with Crippen molar-refractivity contribution in [3.05, 3.63) is 23.8 Å². The normalized spacial score (nSPS) is 19.9. The van der Waals surface area contributed by atoms with E-state index in [-0.39, 0.29) is 24.3 Å². The van der Waals surface area contributed by atoms with E-state index in [2.05, 4.69) is 0 Å². The van der Waals surface area contributed by atoms with E-state index in [1.165, 1.54) is 4.90 Å². The average Bonchev–Trinajstić information content (AvgIpc) is 3.05. The predicted octanol–water partition coefficient (Wildman–Crippen LogP) is 1.15. The third-order valence-electron chi connectivity index (χ3n) is 5.57. The third kappa shape index (κ3) is 4.67. The summed E-state index contributed by atoms with van der Waals surface area (Å²) in [6, 6.07) is 5.12. The summed E-state index contributed by atoms with van der Waals surface area (Å²) in [6.07, 6.45) is 0.397.